The molecule has 1 amide bonds. The van der Waals surface area contributed by atoms with E-state index in [1.807, 2.05) is 17.0 Å². The molecule has 2 saturated heterocycles. The van der Waals surface area contributed by atoms with Crippen molar-refractivity contribution in [1.82, 2.24) is 19.8 Å². The number of nitrogens with one attached hydrogen (secondary N) is 1. The van der Waals surface area contributed by atoms with Crippen LogP contribution in [-0.2, 0) is 29.0 Å². The summed E-state index contributed by atoms with van der Waals surface area (Å²) in [6, 6.07) is 8.09. The van der Waals surface area contributed by atoms with Gasteiger partial charge in [0.1, 0.15) is 17.7 Å². The number of fused-ring (bicyclic) bond motifs is 1. The zero-order chi connectivity index (χ0) is 22.1. The Bertz CT molecular complexity index is 1030. The van der Waals surface area contributed by atoms with Crippen LogP contribution in [0, 0.1) is 0 Å². The number of aromatic amines is 1. The molecule has 2 fully saturated rings. The number of hydrogen-bond donors (Lipinski definition) is 1. The maximum Gasteiger partial charge on any atom is 0.254 e. The Balaban J connectivity index is 1.27. The minimum absolute atomic E-state index is 0.0296. The van der Waals surface area contributed by atoms with Crippen molar-refractivity contribution in [1.29, 1.82) is 0 Å². The summed E-state index contributed by atoms with van der Waals surface area (Å²) in [4.78, 5) is 37.5. The maximum atomic E-state index is 12.8. The molecule has 3 aliphatic rings. The van der Waals surface area contributed by atoms with Crippen LogP contribution in [0.2, 0.25) is 0 Å². The highest BCUT2D eigenvalue weighted by atomic mass is 16.5. The molecule has 1 aromatic heterocycles. The zero-order valence-corrected chi connectivity index (χ0v) is 18.5. The number of amides is 1. The number of aromatic nitrogens is 2. The average Bonchev–Trinajstić information content (AvgIpc) is 3.52. The molecule has 170 valence electrons. The molecule has 8 nitrogen and oxygen atoms in total. The summed E-state index contributed by atoms with van der Waals surface area (Å²) < 4.78 is 10.8. The first-order valence-electron chi connectivity index (χ1n) is 11.5. The normalized spacial score (nSPS) is 23.3. The van der Waals surface area contributed by atoms with Crippen molar-refractivity contribution in [2.45, 2.75) is 50.8 Å². The highest BCUT2D eigenvalue weighted by Gasteiger charge is 2.35. The molecule has 2 atom stereocenters. The van der Waals surface area contributed by atoms with E-state index in [2.05, 4.69) is 22.0 Å². The Kier molecular flexibility index (Phi) is 5.97. The smallest absolute Gasteiger partial charge is 0.254 e. The zero-order valence-electron chi connectivity index (χ0n) is 18.5. The van der Waals surface area contributed by atoms with Crippen LogP contribution in [0.3, 0.4) is 0 Å². The summed E-state index contributed by atoms with van der Waals surface area (Å²) in [6.45, 7) is 4.24. The minimum atomic E-state index is -0.296. The molecule has 0 unspecified atom stereocenters. The molecule has 8 heteroatoms. The fourth-order valence-corrected chi connectivity index (χ4v) is 4.99. The third-order valence-electron chi connectivity index (χ3n) is 6.83. The molecule has 32 heavy (non-hydrogen) atoms. The number of nitrogens with zero attached hydrogens (tertiary/aromatic N) is 3. The Hall–Kier alpha value is -2.71. The van der Waals surface area contributed by atoms with Gasteiger partial charge in [0.2, 0.25) is 0 Å². The van der Waals surface area contributed by atoms with Crippen molar-refractivity contribution in [2.24, 2.45) is 0 Å². The van der Waals surface area contributed by atoms with Crippen molar-refractivity contribution < 1.29 is 14.3 Å². The molecule has 0 saturated carbocycles. The fraction of sp³-hybridized carbons (Fsp3) is 0.542. The van der Waals surface area contributed by atoms with E-state index in [-0.39, 0.29) is 23.5 Å². The number of carbonyl (C=O) groups is 1. The summed E-state index contributed by atoms with van der Waals surface area (Å²) in [7, 11) is 1.67. The van der Waals surface area contributed by atoms with Gasteiger partial charge in [-0.05, 0) is 43.4 Å². The van der Waals surface area contributed by atoms with Crippen LogP contribution in [0.15, 0.2) is 29.1 Å². The third-order valence-corrected chi connectivity index (χ3v) is 6.83. The number of H-pyrrole nitrogens is 1. The van der Waals surface area contributed by atoms with Crippen LogP contribution >= 0.6 is 0 Å². The maximum absolute atomic E-state index is 12.8. The number of hydrogen-bond acceptors (Lipinski definition) is 6. The molecule has 2 aromatic rings. The number of likely N-dealkylation sites (tertiary alicyclic amines) is 1. The van der Waals surface area contributed by atoms with E-state index in [9.17, 15) is 9.59 Å². The molecule has 0 aliphatic carbocycles. The fourth-order valence-electron chi connectivity index (χ4n) is 4.99. The van der Waals surface area contributed by atoms with E-state index in [1.54, 1.807) is 7.11 Å². The number of methoxy groups -OCH3 is 1. The first kappa shape index (κ1) is 21.2. The molecular formula is C24H30N4O4. The van der Waals surface area contributed by atoms with Crippen molar-refractivity contribution in [3.05, 3.63) is 57.3 Å². The van der Waals surface area contributed by atoms with Gasteiger partial charge in [-0.25, -0.2) is 4.98 Å². The molecule has 1 aromatic carbocycles. The summed E-state index contributed by atoms with van der Waals surface area (Å²) in [5, 5.41) is 0. The van der Waals surface area contributed by atoms with Crippen molar-refractivity contribution in [3.8, 4) is 5.75 Å². The molecule has 1 N–H and O–H groups in total. The quantitative estimate of drug-likeness (QED) is 0.766. The lowest BCUT2D eigenvalue weighted by Gasteiger charge is -2.28. The number of rotatable bonds is 5. The van der Waals surface area contributed by atoms with E-state index >= 15 is 0 Å². The SMILES string of the molecule is COc1ccc(CN2CCc3c(nc([C@H]4CCN(C(=O)[C@@H]5CCCO5)C4)[nH]c3=O)C2)cc1. The van der Waals surface area contributed by atoms with Gasteiger partial charge >= 0.3 is 0 Å². The first-order chi connectivity index (χ1) is 15.6. The van der Waals surface area contributed by atoms with Gasteiger partial charge in [0.05, 0.1) is 12.8 Å². The van der Waals surface area contributed by atoms with Crippen LogP contribution in [0.25, 0.3) is 0 Å². The van der Waals surface area contributed by atoms with Gasteiger partial charge in [0, 0.05) is 50.8 Å². The van der Waals surface area contributed by atoms with Crippen LogP contribution in [0.4, 0.5) is 0 Å². The van der Waals surface area contributed by atoms with Gasteiger partial charge in [-0.2, -0.15) is 0 Å². The van der Waals surface area contributed by atoms with Crippen LogP contribution in [-0.4, -0.2) is 65.1 Å². The Morgan fingerprint density at radius 2 is 2.09 bits per heavy atom. The van der Waals surface area contributed by atoms with Gasteiger partial charge in [-0.3, -0.25) is 14.5 Å². The van der Waals surface area contributed by atoms with Gasteiger partial charge in [0.15, 0.2) is 0 Å². The standard InChI is InChI=1S/C24H30N4O4/c1-31-18-6-4-16(5-7-18)13-27-10-9-19-20(15-27)25-22(26-23(19)29)17-8-11-28(14-17)24(30)21-3-2-12-32-21/h4-7,17,21H,2-3,8-15H2,1H3,(H,25,26,29)/t17-,21-/m0/s1. The van der Waals surface area contributed by atoms with Crippen molar-refractivity contribution >= 4 is 5.91 Å². The van der Waals surface area contributed by atoms with Crippen LogP contribution in [0.5, 0.6) is 5.75 Å². The summed E-state index contributed by atoms with van der Waals surface area (Å²) in [6.07, 6.45) is 2.96. The molecule has 5 rings (SSSR count). The molecule has 0 bridgehead atoms. The summed E-state index contributed by atoms with van der Waals surface area (Å²) in [5.41, 5.74) is 2.84. The minimum Gasteiger partial charge on any atom is -0.497 e. The second-order valence-corrected chi connectivity index (χ2v) is 8.96. The largest absolute Gasteiger partial charge is 0.497 e. The molecular weight excluding hydrogens is 408 g/mol. The lowest BCUT2D eigenvalue weighted by Crippen LogP contribution is -2.38. The molecule has 0 spiro atoms. The van der Waals surface area contributed by atoms with E-state index < -0.39 is 0 Å². The van der Waals surface area contributed by atoms with E-state index in [0.29, 0.717) is 38.5 Å². The Morgan fingerprint density at radius 1 is 1.25 bits per heavy atom. The second kappa shape index (κ2) is 9.03. The monoisotopic (exact) mass is 438 g/mol. The van der Waals surface area contributed by atoms with Gasteiger partial charge in [-0.1, -0.05) is 12.1 Å². The highest BCUT2D eigenvalue weighted by molar-refractivity contribution is 5.81. The van der Waals surface area contributed by atoms with Crippen molar-refractivity contribution in [3.63, 3.8) is 0 Å². The van der Waals surface area contributed by atoms with Crippen LogP contribution < -0.4 is 10.3 Å². The lowest BCUT2D eigenvalue weighted by molar-refractivity contribution is -0.139. The molecule has 3 aliphatic heterocycles. The van der Waals surface area contributed by atoms with Crippen molar-refractivity contribution in [2.75, 3.05) is 33.4 Å². The van der Waals surface area contributed by atoms with Crippen LogP contribution in [0.1, 0.15) is 47.8 Å². The number of ether oxygens (including phenoxy) is 2. The summed E-state index contributed by atoms with van der Waals surface area (Å²) >= 11 is 0. The highest BCUT2D eigenvalue weighted by Crippen LogP contribution is 2.28. The topological polar surface area (TPSA) is 87.8 Å². The predicted molar refractivity (Wildman–Crippen MR) is 119 cm³/mol. The first-order valence-corrected chi connectivity index (χ1v) is 11.5. The predicted octanol–water partition coefficient (Wildman–Crippen LogP) is 1.83. The molecule has 4 heterocycles. The lowest BCUT2D eigenvalue weighted by atomic mass is 10.0. The second-order valence-electron chi connectivity index (χ2n) is 8.96. The van der Waals surface area contributed by atoms with Gasteiger partial charge in [0.25, 0.3) is 11.5 Å². The summed E-state index contributed by atoms with van der Waals surface area (Å²) in [5.74, 6) is 1.70. The van der Waals surface area contributed by atoms with E-state index in [4.69, 9.17) is 14.5 Å². The van der Waals surface area contributed by atoms with E-state index in [0.717, 1.165) is 49.4 Å². The average molecular weight is 439 g/mol. The Morgan fingerprint density at radius 3 is 2.84 bits per heavy atom. The van der Waals surface area contributed by atoms with E-state index in [1.165, 1.54) is 5.56 Å². The Labute approximate surface area is 187 Å². The number of benzene rings is 1. The van der Waals surface area contributed by atoms with Gasteiger partial charge < -0.3 is 19.4 Å². The molecule has 0 radical (unpaired) electrons. The number of carbonyl (C=O) groups excluding carboxylic acids is 1. The van der Waals surface area contributed by atoms with Gasteiger partial charge in [-0.15, -0.1) is 0 Å². The third kappa shape index (κ3) is 4.29.